The van der Waals surface area contributed by atoms with Gasteiger partial charge < -0.3 is 4.74 Å². The monoisotopic (exact) mass is 275 g/mol. The van der Waals surface area contributed by atoms with Crippen molar-refractivity contribution in [1.82, 2.24) is 0 Å². The van der Waals surface area contributed by atoms with E-state index in [0.717, 1.165) is 11.7 Å². The van der Waals surface area contributed by atoms with Crippen LogP contribution in [0.4, 0.5) is 0 Å². The van der Waals surface area contributed by atoms with Gasteiger partial charge in [0.1, 0.15) is 5.75 Å². The molecule has 1 heterocycles. The zero-order valence-corrected chi connectivity index (χ0v) is 13.5. The smallest absolute Gasteiger partial charge is 0.118 e. The van der Waals surface area contributed by atoms with E-state index in [1.807, 2.05) is 0 Å². The van der Waals surface area contributed by atoms with Crippen LogP contribution in [0.15, 0.2) is 24.3 Å². The van der Waals surface area contributed by atoms with Gasteiger partial charge in [0.2, 0.25) is 0 Å². The second-order valence-corrected chi connectivity index (χ2v) is 8.75. The van der Waals surface area contributed by atoms with Gasteiger partial charge in [-0.25, -0.2) is 0 Å². The van der Waals surface area contributed by atoms with Gasteiger partial charge in [-0.3, -0.25) is 0 Å². The van der Waals surface area contributed by atoms with Crippen LogP contribution < -0.4 is 4.74 Å². The van der Waals surface area contributed by atoms with Gasteiger partial charge >= 0.3 is 0 Å². The number of hydrogen-bond acceptors (Lipinski definition) is 1. The summed E-state index contributed by atoms with van der Waals surface area (Å²) in [5.74, 6) is 1.79. The third-order valence-electron chi connectivity index (χ3n) is 4.41. The molecule has 0 aromatic heterocycles. The van der Waals surface area contributed by atoms with E-state index in [4.69, 9.17) is 4.74 Å². The molecule has 2 heteroatoms. The van der Waals surface area contributed by atoms with E-state index < -0.39 is 0 Å². The highest BCUT2D eigenvalue weighted by molar-refractivity contribution is 6.59. The minimum Gasteiger partial charge on any atom is -0.497 e. The first kappa shape index (κ1) is 14.6. The number of rotatable bonds is 6. The van der Waals surface area contributed by atoms with Crippen molar-refractivity contribution < 1.29 is 4.74 Å². The molecule has 1 aliphatic rings. The highest BCUT2D eigenvalue weighted by Gasteiger charge is 2.23. The van der Waals surface area contributed by atoms with Gasteiger partial charge in [0.15, 0.2) is 0 Å². The minimum atomic E-state index is 0.00264. The lowest BCUT2D eigenvalue weighted by molar-refractivity contribution is 0.414. The fourth-order valence-corrected chi connectivity index (χ4v) is 6.12. The van der Waals surface area contributed by atoms with E-state index in [-0.39, 0.29) is 8.80 Å². The van der Waals surface area contributed by atoms with Gasteiger partial charge in [-0.15, -0.1) is 0 Å². The summed E-state index contributed by atoms with van der Waals surface area (Å²) in [6.45, 7) is 2.30. The Morgan fingerprint density at radius 3 is 2.37 bits per heavy atom. The third kappa shape index (κ3) is 4.38. The van der Waals surface area contributed by atoms with Gasteiger partial charge in [0, 0.05) is 8.80 Å². The molecule has 19 heavy (non-hydrogen) atoms. The van der Waals surface area contributed by atoms with Crippen molar-refractivity contribution in [2.45, 2.75) is 63.1 Å². The van der Waals surface area contributed by atoms with Crippen LogP contribution in [0, 0.1) is 0 Å². The van der Waals surface area contributed by atoms with Crippen LogP contribution in [0.25, 0.3) is 0 Å². The maximum atomic E-state index is 5.23. The summed E-state index contributed by atoms with van der Waals surface area (Å²) < 4.78 is 5.23. The number of ether oxygens (including phenoxy) is 1. The molecular formula is C17H27OSi. The summed E-state index contributed by atoms with van der Waals surface area (Å²) in [6.07, 6.45) is 7.14. The highest BCUT2D eigenvalue weighted by Crippen LogP contribution is 2.35. The van der Waals surface area contributed by atoms with E-state index in [9.17, 15) is 0 Å². The fourth-order valence-electron chi connectivity index (χ4n) is 3.11. The van der Waals surface area contributed by atoms with Crippen LogP contribution in [0.3, 0.4) is 0 Å². The predicted octanol–water partition coefficient (Wildman–Crippen LogP) is 5.26. The van der Waals surface area contributed by atoms with Crippen LogP contribution in [0.1, 0.15) is 50.5 Å². The molecule has 0 bridgehead atoms. The first-order valence-corrected chi connectivity index (χ1v) is 9.93. The molecule has 1 fully saturated rings. The molecule has 1 aromatic carbocycles. The molecule has 0 amide bonds. The molecule has 1 nitrogen and oxygen atoms in total. The van der Waals surface area contributed by atoms with Crippen molar-refractivity contribution in [3.8, 4) is 5.75 Å². The number of methoxy groups -OCH3 is 1. The quantitative estimate of drug-likeness (QED) is 0.508. The second-order valence-electron chi connectivity index (χ2n) is 5.75. The van der Waals surface area contributed by atoms with Gasteiger partial charge in [-0.05, 0) is 36.5 Å². The molecule has 0 unspecified atom stereocenters. The van der Waals surface area contributed by atoms with E-state index in [1.165, 1.54) is 49.8 Å². The molecule has 0 atom stereocenters. The molecule has 1 saturated heterocycles. The normalized spacial score (nSPS) is 17.6. The second kappa shape index (κ2) is 7.74. The van der Waals surface area contributed by atoms with Gasteiger partial charge in [-0.2, -0.15) is 0 Å². The Bertz CT molecular complexity index is 352. The van der Waals surface area contributed by atoms with Crippen molar-refractivity contribution in [3.05, 3.63) is 29.8 Å². The molecule has 0 N–H and O–H groups in total. The maximum Gasteiger partial charge on any atom is 0.118 e. The summed E-state index contributed by atoms with van der Waals surface area (Å²) in [7, 11) is 1.74. The number of benzene rings is 1. The van der Waals surface area contributed by atoms with Crippen molar-refractivity contribution in [2.24, 2.45) is 0 Å². The summed E-state index contributed by atoms with van der Waals surface area (Å²) in [6, 6.07) is 13.4. The lowest BCUT2D eigenvalue weighted by Crippen LogP contribution is -2.20. The lowest BCUT2D eigenvalue weighted by atomic mass is 9.93. The molecule has 0 aliphatic carbocycles. The number of hydrogen-bond donors (Lipinski definition) is 0. The largest absolute Gasteiger partial charge is 0.497 e. The van der Waals surface area contributed by atoms with Gasteiger partial charge in [0.05, 0.1) is 7.11 Å². The van der Waals surface area contributed by atoms with Crippen molar-refractivity contribution in [1.29, 1.82) is 0 Å². The van der Waals surface area contributed by atoms with E-state index in [1.54, 1.807) is 13.2 Å². The standard InChI is InChI=1S/C17H27OSi/c1-3-4-5-12-19-13-10-16(11-14-19)15-6-8-17(18-2)9-7-15/h6-9,16H,3-5,10-14H2,1-2H3. The third-order valence-corrected chi connectivity index (χ3v) is 7.47. The molecular weight excluding hydrogens is 248 g/mol. The zero-order chi connectivity index (χ0) is 13.5. The van der Waals surface area contributed by atoms with Crippen molar-refractivity contribution in [2.75, 3.05) is 7.11 Å². The highest BCUT2D eigenvalue weighted by atomic mass is 28.3. The average Bonchev–Trinajstić information content (AvgIpc) is 2.48. The molecule has 2 rings (SSSR count). The molecule has 0 saturated carbocycles. The Hall–Kier alpha value is -0.763. The SMILES string of the molecule is CCCCC[Si]1CCC(c2ccc(OC)cc2)CC1. The molecule has 1 aliphatic heterocycles. The lowest BCUT2D eigenvalue weighted by Gasteiger charge is -2.27. The Balaban J connectivity index is 1.78. The summed E-state index contributed by atoms with van der Waals surface area (Å²) in [5, 5.41) is 0. The fraction of sp³-hybridized carbons (Fsp3) is 0.647. The Labute approximate surface area is 120 Å². The van der Waals surface area contributed by atoms with Crippen LogP contribution >= 0.6 is 0 Å². The van der Waals surface area contributed by atoms with Crippen molar-refractivity contribution in [3.63, 3.8) is 0 Å². The van der Waals surface area contributed by atoms with Gasteiger partial charge in [-0.1, -0.05) is 56.5 Å². The van der Waals surface area contributed by atoms with Crippen LogP contribution in [-0.4, -0.2) is 15.9 Å². The van der Waals surface area contributed by atoms with Crippen LogP contribution in [0.2, 0.25) is 18.1 Å². The minimum absolute atomic E-state index is 0.00264. The maximum absolute atomic E-state index is 5.23. The van der Waals surface area contributed by atoms with Crippen LogP contribution in [0.5, 0.6) is 5.75 Å². The average molecular weight is 275 g/mol. The Kier molecular flexibility index (Phi) is 5.96. The molecule has 0 spiro atoms. The molecule has 105 valence electrons. The predicted molar refractivity (Wildman–Crippen MR) is 84.7 cm³/mol. The Morgan fingerprint density at radius 1 is 1.11 bits per heavy atom. The Morgan fingerprint density at radius 2 is 1.79 bits per heavy atom. The molecule has 1 aromatic rings. The summed E-state index contributed by atoms with van der Waals surface area (Å²) in [4.78, 5) is 0. The molecule has 1 radical (unpaired) electrons. The van der Waals surface area contributed by atoms with E-state index in [0.29, 0.717) is 0 Å². The number of unbranched alkanes of at least 4 members (excludes halogenated alkanes) is 2. The van der Waals surface area contributed by atoms with Crippen molar-refractivity contribution >= 4 is 8.80 Å². The van der Waals surface area contributed by atoms with E-state index in [2.05, 4.69) is 31.2 Å². The summed E-state index contributed by atoms with van der Waals surface area (Å²) in [5.41, 5.74) is 1.52. The summed E-state index contributed by atoms with van der Waals surface area (Å²) >= 11 is 0. The van der Waals surface area contributed by atoms with Gasteiger partial charge in [0.25, 0.3) is 0 Å². The zero-order valence-electron chi connectivity index (χ0n) is 12.5. The topological polar surface area (TPSA) is 9.23 Å². The van der Waals surface area contributed by atoms with Crippen LogP contribution in [-0.2, 0) is 0 Å². The first-order chi connectivity index (χ1) is 9.33. The first-order valence-electron chi connectivity index (χ1n) is 7.81. The van der Waals surface area contributed by atoms with E-state index >= 15 is 0 Å².